The highest BCUT2D eigenvalue weighted by atomic mass is 79.9. The molecule has 0 amide bonds. The zero-order valence-corrected chi connectivity index (χ0v) is 15.3. The van der Waals surface area contributed by atoms with Crippen LogP contribution in [0.3, 0.4) is 0 Å². The number of carbonyl (C=O) groups excluding carboxylic acids is 1. The lowest BCUT2D eigenvalue weighted by Crippen LogP contribution is -2.18. The highest BCUT2D eigenvalue weighted by molar-refractivity contribution is 9.10. The first-order valence-corrected chi connectivity index (χ1v) is 7.97. The molecule has 0 aliphatic carbocycles. The van der Waals surface area contributed by atoms with Gasteiger partial charge in [0.2, 0.25) is 0 Å². The van der Waals surface area contributed by atoms with Crippen LogP contribution in [-0.4, -0.2) is 32.6 Å². The molecular formula is C17H17BrN2O5. The highest BCUT2D eigenvalue weighted by Crippen LogP contribution is 2.27. The Morgan fingerprint density at radius 2 is 1.76 bits per heavy atom. The fraction of sp³-hybridized carbons (Fsp3) is 0.176. The Morgan fingerprint density at radius 3 is 2.40 bits per heavy atom. The number of methoxy groups -OCH3 is 2. The van der Waals surface area contributed by atoms with Gasteiger partial charge in [0.05, 0.1) is 14.2 Å². The van der Waals surface area contributed by atoms with Gasteiger partial charge in [0.25, 0.3) is 0 Å². The second-order valence-electron chi connectivity index (χ2n) is 4.75. The van der Waals surface area contributed by atoms with Crippen molar-refractivity contribution in [3.05, 3.63) is 52.5 Å². The summed E-state index contributed by atoms with van der Waals surface area (Å²) in [6, 6.07) is 12.0. The van der Waals surface area contributed by atoms with Crippen LogP contribution in [0.2, 0.25) is 0 Å². The average molecular weight is 409 g/mol. The van der Waals surface area contributed by atoms with Crippen molar-refractivity contribution in [3.63, 3.8) is 0 Å². The van der Waals surface area contributed by atoms with Crippen molar-refractivity contribution in [3.8, 4) is 17.2 Å². The number of rotatable bonds is 7. The quantitative estimate of drug-likeness (QED) is 0.327. The normalized spacial score (nSPS) is 10.9. The van der Waals surface area contributed by atoms with Crippen LogP contribution >= 0.6 is 15.9 Å². The van der Waals surface area contributed by atoms with E-state index in [2.05, 4.69) is 21.1 Å². The van der Waals surface area contributed by atoms with E-state index in [9.17, 15) is 4.79 Å². The van der Waals surface area contributed by atoms with E-state index in [1.54, 1.807) is 42.5 Å². The first-order chi connectivity index (χ1) is 12.0. The molecule has 0 atom stereocenters. The molecule has 0 aliphatic heterocycles. The predicted octanol–water partition coefficient (Wildman–Crippen LogP) is 2.71. The van der Waals surface area contributed by atoms with Crippen LogP contribution in [0, 0.1) is 0 Å². The summed E-state index contributed by atoms with van der Waals surface area (Å²) < 4.78 is 16.5. The maximum Gasteiger partial charge on any atom is 0.372 e. The molecule has 0 spiro atoms. The molecule has 0 bridgehead atoms. The molecule has 2 aromatic carbocycles. The molecule has 2 N–H and O–H groups in total. The van der Waals surface area contributed by atoms with Crippen LogP contribution in [0.15, 0.2) is 52.1 Å². The monoisotopic (exact) mass is 408 g/mol. The number of halogens is 1. The smallest absolute Gasteiger partial charge is 0.372 e. The molecule has 0 saturated carbocycles. The molecule has 0 fully saturated rings. The van der Waals surface area contributed by atoms with Gasteiger partial charge in [0.15, 0.2) is 23.9 Å². The molecule has 0 aliphatic rings. The Labute approximate surface area is 153 Å². The molecule has 0 unspecified atom stereocenters. The lowest BCUT2D eigenvalue weighted by Gasteiger charge is -2.09. The largest absolute Gasteiger partial charge is 0.493 e. The van der Waals surface area contributed by atoms with Gasteiger partial charge in [-0.25, -0.2) is 4.79 Å². The Balaban J connectivity index is 1.93. The zero-order chi connectivity index (χ0) is 18.2. The number of amidine groups is 1. The van der Waals surface area contributed by atoms with Crippen LogP contribution in [-0.2, 0) is 9.63 Å². The first-order valence-electron chi connectivity index (χ1n) is 7.17. The van der Waals surface area contributed by atoms with Crippen molar-refractivity contribution in [2.75, 3.05) is 20.8 Å². The number of benzene rings is 2. The number of nitrogens with two attached hydrogens (primary N) is 1. The number of nitrogens with zero attached hydrogens (tertiary/aromatic N) is 1. The lowest BCUT2D eigenvalue weighted by molar-refractivity contribution is -0.146. The summed E-state index contributed by atoms with van der Waals surface area (Å²) in [5, 5.41) is 3.61. The van der Waals surface area contributed by atoms with Gasteiger partial charge >= 0.3 is 5.97 Å². The number of hydrogen-bond donors (Lipinski definition) is 1. The molecule has 2 rings (SSSR count). The third-order valence-electron chi connectivity index (χ3n) is 3.10. The van der Waals surface area contributed by atoms with Crippen LogP contribution < -0.4 is 19.9 Å². The van der Waals surface area contributed by atoms with Crippen molar-refractivity contribution in [1.29, 1.82) is 0 Å². The maximum atomic E-state index is 11.7. The number of carbonyl (C=O) groups is 1. The van der Waals surface area contributed by atoms with Crippen molar-refractivity contribution in [1.82, 2.24) is 0 Å². The summed E-state index contributed by atoms with van der Waals surface area (Å²) >= 11 is 3.31. The van der Waals surface area contributed by atoms with Gasteiger partial charge < -0.3 is 24.8 Å². The fourth-order valence-electron chi connectivity index (χ4n) is 1.85. The van der Waals surface area contributed by atoms with Gasteiger partial charge in [-0.1, -0.05) is 21.1 Å². The van der Waals surface area contributed by atoms with Gasteiger partial charge in [-0.15, -0.1) is 0 Å². The van der Waals surface area contributed by atoms with Crippen LogP contribution in [0.25, 0.3) is 0 Å². The van der Waals surface area contributed by atoms with E-state index in [0.717, 1.165) is 4.47 Å². The standard InChI is InChI=1S/C17H17BrN2O5/c1-22-14-8-3-11(9-15(14)23-2)17(19)20-25-16(21)10-24-13-6-4-12(18)5-7-13/h3-9H,10H2,1-2H3,(H2,19,20). The molecule has 132 valence electrons. The Hall–Kier alpha value is -2.74. The van der Waals surface area contributed by atoms with Crippen molar-refractivity contribution in [2.24, 2.45) is 10.9 Å². The minimum absolute atomic E-state index is 0.0259. The third-order valence-corrected chi connectivity index (χ3v) is 3.62. The topological polar surface area (TPSA) is 92.4 Å². The Kier molecular flexibility index (Phi) is 6.64. The Bertz CT molecular complexity index is 762. The van der Waals surface area contributed by atoms with Gasteiger partial charge in [-0.05, 0) is 42.5 Å². The zero-order valence-electron chi connectivity index (χ0n) is 13.7. The maximum absolute atomic E-state index is 11.7. The predicted molar refractivity (Wildman–Crippen MR) is 96.0 cm³/mol. The van der Waals surface area contributed by atoms with Crippen molar-refractivity contribution in [2.45, 2.75) is 0 Å². The van der Waals surface area contributed by atoms with E-state index in [-0.39, 0.29) is 12.4 Å². The molecule has 25 heavy (non-hydrogen) atoms. The molecule has 8 heteroatoms. The lowest BCUT2D eigenvalue weighted by atomic mass is 10.2. The first kappa shape index (κ1) is 18.6. The molecule has 0 saturated heterocycles. The summed E-state index contributed by atoms with van der Waals surface area (Å²) in [7, 11) is 3.04. The van der Waals surface area contributed by atoms with Gasteiger partial charge in [-0.3, -0.25) is 0 Å². The van der Waals surface area contributed by atoms with E-state index in [0.29, 0.717) is 22.8 Å². The van der Waals surface area contributed by atoms with Gasteiger partial charge in [0.1, 0.15) is 5.75 Å². The minimum atomic E-state index is -0.675. The average Bonchev–Trinajstić information content (AvgIpc) is 2.64. The van der Waals surface area contributed by atoms with Crippen LogP contribution in [0.1, 0.15) is 5.56 Å². The summed E-state index contributed by atoms with van der Waals surface area (Å²) in [4.78, 5) is 16.4. The van der Waals surface area contributed by atoms with Gasteiger partial charge in [0, 0.05) is 10.0 Å². The molecule has 0 heterocycles. The van der Waals surface area contributed by atoms with Gasteiger partial charge in [-0.2, -0.15) is 0 Å². The van der Waals surface area contributed by atoms with Crippen molar-refractivity contribution >= 4 is 27.7 Å². The third kappa shape index (κ3) is 5.39. The van der Waals surface area contributed by atoms with E-state index in [4.69, 9.17) is 24.8 Å². The molecule has 0 aromatic heterocycles. The van der Waals surface area contributed by atoms with E-state index in [1.807, 2.05) is 0 Å². The van der Waals surface area contributed by atoms with Crippen LogP contribution in [0.5, 0.6) is 17.2 Å². The summed E-state index contributed by atoms with van der Waals surface area (Å²) in [5.41, 5.74) is 6.34. The second kappa shape index (κ2) is 8.93. The minimum Gasteiger partial charge on any atom is -0.493 e. The highest BCUT2D eigenvalue weighted by Gasteiger charge is 2.09. The number of hydrogen-bond acceptors (Lipinski definition) is 6. The molecular weight excluding hydrogens is 392 g/mol. The summed E-state index contributed by atoms with van der Waals surface area (Å²) in [5.74, 6) is 0.934. The summed E-state index contributed by atoms with van der Waals surface area (Å²) in [6.07, 6.45) is 0. The second-order valence-corrected chi connectivity index (χ2v) is 5.67. The van der Waals surface area contributed by atoms with E-state index >= 15 is 0 Å². The number of oxime groups is 1. The van der Waals surface area contributed by atoms with E-state index < -0.39 is 5.97 Å². The summed E-state index contributed by atoms with van der Waals surface area (Å²) in [6.45, 7) is -0.287. The van der Waals surface area contributed by atoms with Crippen molar-refractivity contribution < 1.29 is 23.8 Å². The number of ether oxygens (including phenoxy) is 3. The fourth-order valence-corrected chi connectivity index (χ4v) is 2.11. The molecule has 2 aromatic rings. The Morgan fingerprint density at radius 1 is 1.08 bits per heavy atom. The molecule has 7 nitrogen and oxygen atoms in total. The SMILES string of the molecule is COc1ccc(/C(N)=N/OC(=O)COc2ccc(Br)cc2)cc1OC. The molecule has 0 radical (unpaired) electrons. The van der Waals surface area contributed by atoms with Crippen LogP contribution in [0.4, 0.5) is 0 Å². The van der Waals surface area contributed by atoms with E-state index in [1.165, 1.54) is 14.2 Å².